The minimum Gasteiger partial charge on any atom is -0.351 e. The largest absolute Gasteiger partial charge is 0.351 e. The normalized spacial score (nSPS) is 16.3. The summed E-state index contributed by atoms with van der Waals surface area (Å²) in [4.78, 5) is 37.6. The Morgan fingerprint density at radius 2 is 1.61 bits per heavy atom. The number of ketones is 1. The summed E-state index contributed by atoms with van der Waals surface area (Å²) in [6, 6.07) is 9.77. The fourth-order valence-electron chi connectivity index (χ4n) is 2.60. The number of rotatable bonds is 2. The highest BCUT2D eigenvalue weighted by Crippen LogP contribution is 2.40. The zero-order valence-electron chi connectivity index (χ0n) is 11.6. The monoisotopic (exact) mass is 348 g/mol. The van der Waals surface area contributed by atoms with Gasteiger partial charge in [0.2, 0.25) is 0 Å². The molecule has 1 atom stereocenters. The molecule has 7 heteroatoms. The second-order valence-corrected chi connectivity index (χ2v) is 5.89. The van der Waals surface area contributed by atoms with Gasteiger partial charge in [0.05, 0.1) is 5.69 Å². The Hall–Kier alpha value is -2.37. The third-order valence-corrected chi connectivity index (χ3v) is 4.11. The van der Waals surface area contributed by atoms with Crippen LogP contribution in [0.2, 0.25) is 10.0 Å². The number of hydrogen-bond donors (Lipinski definition) is 1. The highest BCUT2D eigenvalue weighted by molar-refractivity contribution is 6.33. The summed E-state index contributed by atoms with van der Waals surface area (Å²) in [7, 11) is 0. The Balaban J connectivity index is 2.10. The van der Waals surface area contributed by atoms with Crippen molar-refractivity contribution >= 4 is 46.6 Å². The van der Waals surface area contributed by atoms with Gasteiger partial charge < -0.3 is 5.73 Å². The van der Waals surface area contributed by atoms with Crippen molar-refractivity contribution in [2.24, 2.45) is 5.73 Å². The summed E-state index contributed by atoms with van der Waals surface area (Å²) in [5, 5.41) is 0.813. The predicted octanol–water partition coefficient (Wildman–Crippen LogP) is 3.39. The van der Waals surface area contributed by atoms with Crippen LogP contribution < -0.4 is 10.6 Å². The van der Waals surface area contributed by atoms with Gasteiger partial charge in [-0.05, 0) is 42.0 Å². The molecule has 0 saturated carbocycles. The molecule has 2 aromatic rings. The van der Waals surface area contributed by atoms with E-state index in [1.807, 2.05) is 0 Å². The number of carbonyl (C=O) groups excluding carboxylic acids is 3. The van der Waals surface area contributed by atoms with Gasteiger partial charge in [-0.1, -0.05) is 29.3 Å². The van der Waals surface area contributed by atoms with Crippen LogP contribution in [0.4, 0.5) is 10.5 Å². The van der Waals surface area contributed by atoms with Crippen molar-refractivity contribution in [3.8, 4) is 0 Å². The average Bonchev–Trinajstić information content (AvgIpc) is 2.78. The van der Waals surface area contributed by atoms with Crippen molar-refractivity contribution in [3.63, 3.8) is 0 Å². The molecule has 3 rings (SSSR count). The third-order valence-electron chi connectivity index (χ3n) is 3.62. The fraction of sp³-hybridized carbons (Fsp3) is 0.0625. The number of amides is 3. The summed E-state index contributed by atoms with van der Waals surface area (Å²) in [6.07, 6.45) is 0. The van der Waals surface area contributed by atoms with E-state index in [2.05, 4.69) is 0 Å². The van der Waals surface area contributed by atoms with E-state index < -0.39 is 23.6 Å². The van der Waals surface area contributed by atoms with Gasteiger partial charge in [0.1, 0.15) is 5.92 Å². The van der Waals surface area contributed by atoms with E-state index in [1.165, 1.54) is 18.2 Å². The number of Topliss-reactive ketones (excluding diaryl/α,β-unsaturated/α-hetero) is 1. The van der Waals surface area contributed by atoms with Crippen molar-refractivity contribution in [1.82, 2.24) is 0 Å². The highest BCUT2D eigenvalue weighted by Gasteiger charge is 2.44. The molecule has 1 heterocycles. The molecule has 2 N–H and O–H groups in total. The molecule has 0 aliphatic carbocycles. The first kappa shape index (κ1) is 15.5. The minimum atomic E-state index is -1.13. The molecule has 1 unspecified atom stereocenters. The zero-order valence-corrected chi connectivity index (χ0v) is 13.1. The number of imide groups is 1. The minimum absolute atomic E-state index is 0.238. The number of benzene rings is 2. The van der Waals surface area contributed by atoms with Crippen LogP contribution >= 0.6 is 23.2 Å². The van der Waals surface area contributed by atoms with E-state index in [9.17, 15) is 14.4 Å². The van der Waals surface area contributed by atoms with E-state index in [0.717, 1.165) is 4.90 Å². The number of hydrogen-bond acceptors (Lipinski definition) is 3. The van der Waals surface area contributed by atoms with E-state index in [4.69, 9.17) is 28.9 Å². The predicted molar refractivity (Wildman–Crippen MR) is 87.0 cm³/mol. The highest BCUT2D eigenvalue weighted by atomic mass is 35.5. The van der Waals surface area contributed by atoms with Gasteiger partial charge in [-0.3, -0.25) is 9.59 Å². The van der Waals surface area contributed by atoms with Gasteiger partial charge in [0.15, 0.2) is 5.78 Å². The molecular formula is C16H10Cl2N2O3. The molecule has 5 nitrogen and oxygen atoms in total. The van der Waals surface area contributed by atoms with Gasteiger partial charge in [0.25, 0.3) is 5.91 Å². The van der Waals surface area contributed by atoms with Crippen molar-refractivity contribution in [3.05, 3.63) is 63.6 Å². The third kappa shape index (κ3) is 2.58. The Labute approximate surface area is 141 Å². The first-order valence-corrected chi connectivity index (χ1v) is 7.38. The molecule has 0 radical (unpaired) electrons. The van der Waals surface area contributed by atoms with Crippen LogP contribution in [-0.4, -0.2) is 17.7 Å². The Morgan fingerprint density at radius 3 is 2.22 bits per heavy atom. The van der Waals surface area contributed by atoms with Gasteiger partial charge in [-0.15, -0.1) is 0 Å². The number of nitrogens with zero attached hydrogens (tertiary/aromatic N) is 1. The molecule has 23 heavy (non-hydrogen) atoms. The summed E-state index contributed by atoms with van der Waals surface area (Å²) in [5.41, 5.74) is 6.23. The number of carbonyl (C=O) groups is 3. The summed E-state index contributed by atoms with van der Waals surface area (Å²) < 4.78 is 0. The number of halogens is 2. The maximum absolute atomic E-state index is 12.7. The quantitative estimate of drug-likeness (QED) is 0.667. The molecular weight excluding hydrogens is 339 g/mol. The molecule has 0 aromatic heterocycles. The van der Waals surface area contributed by atoms with Crippen molar-refractivity contribution in [1.29, 1.82) is 0 Å². The lowest BCUT2D eigenvalue weighted by Crippen LogP contribution is -2.40. The van der Waals surface area contributed by atoms with Crippen LogP contribution in [-0.2, 0) is 4.79 Å². The molecule has 2 aromatic carbocycles. The van der Waals surface area contributed by atoms with E-state index in [0.29, 0.717) is 21.2 Å². The number of primary amides is 1. The van der Waals surface area contributed by atoms with E-state index >= 15 is 0 Å². The molecule has 0 saturated heterocycles. The second kappa shape index (κ2) is 5.68. The molecule has 116 valence electrons. The maximum atomic E-state index is 12.7. The lowest BCUT2D eigenvalue weighted by atomic mass is 9.92. The van der Waals surface area contributed by atoms with E-state index in [-0.39, 0.29) is 5.69 Å². The van der Waals surface area contributed by atoms with Gasteiger partial charge in [-0.2, -0.15) is 0 Å². The maximum Gasteiger partial charge on any atom is 0.326 e. The van der Waals surface area contributed by atoms with Crippen LogP contribution in [0.5, 0.6) is 0 Å². The van der Waals surface area contributed by atoms with Gasteiger partial charge in [0, 0.05) is 15.6 Å². The molecule has 1 aliphatic heterocycles. The van der Waals surface area contributed by atoms with Crippen molar-refractivity contribution in [2.75, 3.05) is 4.90 Å². The van der Waals surface area contributed by atoms with Crippen LogP contribution in [0, 0.1) is 0 Å². The van der Waals surface area contributed by atoms with Crippen molar-refractivity contribution < 1.29 is 14.4 Å². The molecule has 1 aliphatic rings. The SMILES string of the molecule is NC(=O)N1C(=O)C(C(=O)c2ccc(Cl)cc2)c2ccc(Cl)cc21. The second-order valence-electron chi connectivity index (χ2n) is 5.02. The first-order chi connectivity index (χ1) is 10.9. The molecule has 0 fully saturated rings. The lowest BCUT2D eigenvalue weighted by molar-refractivity contribution is -0.117. The Morgan fingerprint density at radius 1 is 1.00 bits per heavy atom. The van der Waals surface area contributed by atoms with Crippen LogP contribution in [0.25, 0.3) is 0 Å². The molecule has 0 bridgehead atoms. The first-order valence-electron chi connectivity index (χ1n) is 6.63. The smallest absolute Gasteiger partial charge is 0.326 e. The average molecular weight is 349 g/mol. The van der Waals surface area contributed by atoms with Gasteiger partial charge >= 0.3 is 6.03 Å². The number of urea groups is 1. The Bertz CT molecular complexity index is 834. The standard InChI is InChI=1S/C16H10Cl2N2O3/c17-9-3-1-8(2-4-9)14(21)13-11-6-5-10(18)7-12(11)20(15(13)22)16(19)23/h1-7,13H,(H2,19,23). The number of anilines is 1. The van der Waals surface area contributed by atoms with E-state index in [1.54, 1.807) is 24.3 Å². The molecule has 0 spiro atoms. The van der Waals surface area contributed by atoms with Crippen LogP contribution in [0.3, 0.4) is 0 Å². The zero-order chi connectivity index (χ0) is 16.7. The van der Waals surface area contributed by atoms with Crippen LogP contribution in [0.1, 0.15) is 21.8 Å². The topological polar surface area (TPSA) is 80.5 Å². The summed E-state index contributed by atoms with van der Waals surface area (Å²) >= 11 is 11.7. The number of nitrogens with two attached hydrogens (primary N) is 1. The lowest BCUT2D eigenvalue weighted by Gasteiger charge is -2.12. The van der Waals surface area contributed by atoms with Gasteiger partial charge in [-0.25, -0.2) is 9.69 Å². The summed E-state index contributed by atoms with van der Waals surface area (Å²) in [6.45, 7) is 0. The molecule has 3 amide bonds. The van der Waals surface area contributed by atoms with Crippen LogP contribution in [0.15, 0.2) is 42.5 Å². The summed E-state index contributed by atoms with van der Waals surface area (Å²) in [5.74, 6) is -2.25. The van der Waals surface area contributed by atoms with Crippen molar-refractivity contribution in [2.45, 2.75) is 5.92 Å². The fourth-order valence-corrected chi connectivity index (χ4v) is 2.89. The number of fused-ring (bicyclic) bond motifs is 1. The Kier molecular flexibility index (Phi) is 3.83.